The maximum atomic E-state index is 12.5. The first-order valence-corrected chi connectivity index (χ1v) is 10.2. The van der Waals surface area contributed by atoms with E-state index < -0.39 is 11.5 Å². The van der Waals surface area contributed by atoms with Gasteiger partial charge in [-0.2, -0.15) is 0 Å². The molecule has 0 unspecified atom stereocenters. The third-order valence-electron chi connectivity index (χ3n) is 3.67. The maximum Gasteiger partial charge on any atom is 0.277 e. The molecule has 0 atom stereocenters. The fourth-order valence-corrected chi connectivity index (χ4v) is 3.75. The summed E-state index contributed by atoms with van der Waals surface area (Å²) in [5, 5.41) is 7.16. The average Bonchev–Trinajstić information content (AvgIpc) is 3.18. The molecule has 0 aliphatic rings. The number of aromatic amines is 1. The predicted molar refractivity (Wildman–Crippen MR) is 112 cm³/mol. The predicted octanol–water partition coefficient (Wildman–Crippen LogP) is 3.64. The van der Waals surface area contributed by atoms with Crippen LogP contribution in [0.2, 0.25) is 0 Å². The zero-order valence-corrected chi connectivity index (χ0v) is 16.9. The summed E-state index contributed by atoms with van der Waals surface area (Å²) >= 11 is 2.58. The summed E-state index contributed by atoms with van der Waals surface area (Å²) in [6.45, 7) is 3.33. The molecule has 2 aromatic heterocycles. The van der Waals surface area contributed by atoms with Gasteiger partial charge in [0.05, 0.1) is 4.88 Å². The van der Waals surface area contributed by atoms with Gasteiger partial charge in [-0.25, -0.2) is 4.98 Å². The largest absolute Gasteiger partial charge is 0.314 e. The number of thioether (sulfide) groups is 1. The molecule has 2 heterocycles. The van der Waals surface area contributed by atoms with Crippen LogP contribution in [-0.4, -0.2) is 21.8 Å². The number of hydrogen-bond donors (Lipinski definition) is 3. The number of nitrogens with one attached hydrogen (secondary N) is 3. The fraction of sp³-hybridized carbons (Fsp3) is 0.158. The van der Waals surface area contributed by atoms with E-state index in [9.17, 15) is 14.4 Å². The molecule has 0 saturated carbocycles. The summed E-state index contributed by atoms with van der Waals surface area (Å²) in [4.78, 5) is 43.8. The molecule has 0 aliphatic carbocycles. The van der Waals surface area contributed by atoms with Gasteiger partial charge in [-0.1, -0.05) is 47.7 Å². The van der Waals surface area contributed by atoms with Gasteiger partial charge in [0.25, 0.3) is 11.5 Å². The molecule has 3 rings (SSSR count). The Morgan fingerprint density at radius 1 is 1.18 bits per heavy atom. The average molecular weight is 415 g/mol. The van der Waals surface area contributed by atoms with Gasteiger partial charge in [-0.15, -0.1) is 11.3 Å². The van der Waals surface area contributed by atoms with E-state index in [1.165, 1.54) is 35.6 Å². The van der Waals surface area contributed by atoms with Crippen LogP contribution in [0.4, 0.5) is 11.5 Å². The summed E-state index contributed by atoms with van der Waals surface area (Å²) in [5.74, 6) is -0.204. The first-order valence-electron chi connectivity index (χ1n) is 8.37. The number of aromatic nitrogens is 2. The zero-order chi connectivity index (χ0) is 20.1. The van der Waals surface area contributed by atoms with Gasteiger partial charge in [-0.3, -0.25) is 19.4 Å². The monoisotopic (exact) mass is 414 g/mol. The first kappa shape index (κ1) is 19.8. The summed E-state index contributed by atoms with van der Waals surface area (Å²) in [6, 6.07) is 11.4. The van der Waals surface area contributed by atoms with Gasteiger partial charge in [0, 0.05) is 12.7 Å². The highest BCUT2D eigenvalue weighted by molar-refractivity contribution is 7.98. The Hall–Kier alpha value is -2.91. The van der Waals surface area contributed by atoms with Crippen LogP contribution in [0.25, 0.3) is 0 Å². The standard InChI is InChI=1S/C19H18N4O3S2/c1-11-5-7-13(8-6-11)10-28-19-22-16(20-12(2)24)15(18(26)23-19)21-17(25)14-4-3-9-27-14/h3-9H,10H2,1-2H3,(H,21,25)(H2,20,22,23,24,26). The second-order valence-corrected chi connectivity index (χ2v) is 7.89. The molecule has 0 aliphatic heterocycles. The molecule has 1 aromatic carbocycles. The number of thiophene rings is 1. The lowest BCUT2D eigenvalue weighted by Gasteiger charge is -2.11. The number of nitrogens with zero attached hydrogens (tertiary/aromatic N) is 1. The van der Waals surface area contributed by atoms with Crippen LogP contribution in [0.15, 0.2) is 51.7 Å². The van der Waals surface area contributed by atoms with Crippen molar-refractivity contribution < 1.29 is 9.59 Å². The smallest absolute Gasteiger partial charge is 0.277 e. The van der Waals surface area contributed by atoms with Crippen LogP contribution in [0, 0.1) is 6.92 Å². The lowest BCUT2D eigenvalue weighted by Crippen LogP contribution is -2.24. The van der Waals surface area contributed by atoms with E-state index in [1.807, 2.05) is 31.2 Å². The van der Waals surface area contributed by atoms with Crippen molar-refractivity contribution in [1.29, 1.82) is 0 Å². The Morgan fingerprint density at radius 3 is 2.57 bits per heavy atom. The van der Waals surface area contributed by atoms with Crippen molar-refractivity contribution in [2.24, 2.45) is 0 Å². The number of H-pyrrole nitrogens is 1. The molecular weight excluding hydrogens is 396 g/mol. The number of anilines is 2. The Morgan fingerprint density at radius 2 is 1.93 bits per heavy atom. The van der Waals surface area contributed by atoms with E-state index >= 15 is 0 Å². The normalized spacial score (nSPS) is 10.5. The van der Waals surface area contributed by atoms with Crippen LogP contribution in [0.1, 0.15) is 27.7 Å². The van der Waals surface area contributed by atoms with Crippen LogP contribution < -0.4 is 16.2 Å². The lowest BCUT2D eigenvalue weighted by molar-refractivity contribution is -0.114. The Bertz CT molecular complexity index is 1040. The maximum absolute atomic E-state index is 12.5. The number of benzene rings is 1. The van der Waals surface area contributed by atoms with Gasteiger partial charge in [0.15, 0.2) is 16.7 Å². The SMILES string of the molecule is CC(=O)Nc1nc(SCc2ccc(C)cc2)[nH]c(=O)c1NC(=O)c1cccs1. The molecule has 2 amide bonds. The molecule has 0 radical (unpaired) electrons. The minimum atomic E-state index is -0.532. The molecule has 28 heavy (non-hydrogen) atoms. The van der Waals surface area contributed by atoms with Crippen molar-refractivity contribution in [3.05, 3.63) is 68.1 Å². The third-order valence-corrected chi connectivity index (χ3v) is 5.48. The summed E-state index contributed by atoms with van der Waals surface area (Å²) in [7, 11) is 0. The highest BCUT2D eigenvalue weighted by atomic mass is 32.2. The third kappa shape index (κ3) is 5.08. The van der Waals surface area contributed by atoms with Gasteiger partial charge in [0.1, 0.15) is 0 Å². The van der Waals surface area contributed by atoms with Gasteiger partial charge in [0.2, 0.25) is 5.91 Å². The van der Waals surface area contributed by atoms with Gasteiger partial charge in [-0.05, 0) is 23.9 Å². The van der Waals surface area contributed by atoms with Crippen LogP contribution in [0.5, 0.6) is 0 Å². The second-order valence-electron chi connectivity index (χ2n) is 5.98. The van der Waals surface area contributed by atoms with Crippen molar-refractivity contribution in [3.8, 4) is 0 Å². The quantitative estimate of drug-likeness (QED) is 0.422. The summed E-state index contributed by atoms with van der Waals surface area (Å²) in [6.07, 6.45) is 0. The molecule has 3 N–H and O–H groups in total. The minimum Gasteiger partial charge on any atom is -0.314 e. The van der Waals surface area contributed by atoms with Crippen molar-refractivity contribution in [3.63, 3.8) is 0 Å². The van der Waals surface area contributed by atoms with E-state index in [1.54, 1.807) is 17.5 Å². The first-order chi connectivity index (χ1) is 13.4. The fourth-order valence-electron chi connectivity index (χ4n) is 2.31. The van der Waals surface area contributed by atoms with E-state index in [4.69, 9.17) is 0 Å². The van der Waals surface area contributed by atoms with Crippen LogP contribution in [0.3, 0.4) is 0 Å². The molecule has 9 heteroatoms. The molecule has 0 bridgehead atoms. The molecule has 7 nitrogen and oxygen atoms in total. The molecule has 0 spiro atoms. The number of rotatable bonds is 6. The minimum absolute atomic E-state index is 0.0209. The van der Waals surface area contributed by atoms with Crippen molar-refractivity contribution in [1.82, 2.24) is 9.97 Å². The van der Waals surface area contributed by atoms with Crippen LogP contribution in [-0.2, 0) is 10.5 Å². The summed E-state index contributed by atoms with van der Waals surface area (Å²) in [5.41, 5.74) is 1.62. The number of amides is 2. The molecular formula is C19H18N4O3S2. The zero-order valence-electron chi connectivity index (χ0n) is 15.2. The highest BCUT2D eigenvalue weighted by Crippen LogP contribution is 2.23. The second kappa shape index (κ2) is 8.85. The molecule has 0 fully saturated rings. The van der Waals surface area contributed by atoms with E-state index in [2.05, 4.69) is 20.6 Å². The number of carbonyl (C=O) groups is 2. The van der Waals surface area contributed by atoms with Gasteiger partial charge >= 0.3 is 0 Å². The molecule has 0 saturated heterocycles. The topological polar surface area (TPSA) is 104 Å². The van der Waals surface area contributed by atoms with Gasteiger partial charge < -0.3 is 10.6 Å². The van der Waals surface area contributed by atoms with Crippen molar-refractivity contribution in [2.75, 3.05) is 10.6 Å². The Kier molecular flexibility index (Phi) is 6.27. The highest BCUT2D eigenvalue weighted by Gasteiger charge is 2.17. The van der Waals surface area contributed by atoms with Crippen molar-refractivity contribution in [2.45, 2.75) is 24.8 Å². The van der Waals surface area contributed by atoms with Crippen molar-refractivity contribution >= 4 is 46.4 Å². The number of hydrogen-bond acceptors (Lipinski definition) is 6. The van der Waals surface area contributed by atoms with E-state index in [-0.39, 0.29) is 17.4 Å². The number of carbonyl (C=O) groups excluding carboxylic acids is 2. The van der Waals surface area contributed by atoms with E-state index in [0.717, 1.165) is 5.56 Å². The molecule has 144 valence electrons. The Labute approximate surface area is 169 Å². The van der Waals surface area contributed by atoms with Crippen LogP contribution >= 0.6 is 23.1 Å². The number of aryl methyl sites for hydroxylation is 1. The lowest BCUT2D eigenvalue weighted by atomic mass is 10.2. The molecule has 3 aromatic rings. The van der Waals surface area contributed by atoms with E-state index in [0.29, 0.717) is 15.8 Å². The summed E-state index contributed by atoms with van der Waals surface area (Å²) < 4.78 is 0. The Balaban J connectivity index is 1.84.